The summed E-state index contributed by atoms with van der Waals surface area (Å²) in [6.45, 7) is 2.10. The quantitative estimate of drug-likeness (QED) is 0.815. The van der Waals surface area contributed by atoms with Gasteiger partial charge in [-0.15, -0.1) is 11.8 Å². The fraction of sp³-hybridized carbons (Fsp3) is 0.545. The summed E-state index contributed by atoms with van der Waals surface area (Å²) < 4.78 is 0. The highest BCUT2D eigenvalue weighted by Gasteiger charge is 2.24. The van der Waals surface area contributed by atoms with Gasteiger partial charge in [-0.3, -0.25) is 9.59 Å². The van der Waals surface area contributed by atoms with Gasteiger partial charge in [-0.2, -0.15) is 0 Å². The molecule has 1 aromatic heterocycles. The minimum absolute atomic E-state index is 0.0289. The zero-order valence-electron chi connectivity index (χ0n) is 10.2. The lowest BCUT2D eigenvalue weighted by Gasteiger charge is -2.18. The van der Waals surface area contributed by atoms with Gasteiger partial charge in [0, 0.05) is 12.4 Å². The molecule has 2 amide bonds. The molecule has 1 unspecified atom stereocenters. The van der Waals surface area contributed by atoms with Crippen LogP contribution in [0.25, 0.3) is 0 Å². The van der Waals surface area contributed by atoms with Crippen molar-refractivity contribution < 1.29 is 9.59 Å². The number of hydrogen-bond donors (Lipinski definition) is 2. The van der Waals surface area contributed by atoms with Gasteiger partial charge in [-0.05, 0) is 6.42 Å². The third kappa shape index (κ3) is 3.04. The average molecular weight is 268 g/mol. The van der Waals surface area contributed by atoms with Gasteiger partial charge in [-0.1, -0.05) is 6.92 Å². The first-order valence-corrected chi connectivity index (χ1v) is 7.00. The van der Waals surface area contributed by atoms with Crippen LogP contribution in [0.1, 0.15) is 25.2 Å². The van der Waals surface area contributed by atoms with Crippen molar-refractivity contribution >= 4 is 23.6 Å². The SMILES string of the molecule is CCC(NC(=O)CN1CSCC1=O)c1ncc[nH]1. The molecule has 1 aliphatic heterocycles. The van der Waals surface area contributed by atoms with Crippen LogP contribution in [0.4, 0.5) is 0 Å². The Kier molecular flexibility index (Phi) is 4.24. The molecule has 18 heavy (non-hydrogen) atoms. The molecule has 0 saturated carbocycles. The number of nitrogens with one attached hydrogen (secondary N) is 2. The summed E-state index contributed by atoms with van der Waals surface area (Å²) >= 11 is 1.53. The highest BCUT2D eigenvalue weighted by molar-refractivity contribution is 8.00. The van der Waals surface area contributed by atoms with E-state index in [1.165, 1.54) is 11.8 Å². The highest BCUT2D eigenvalue weighted by atomic mass is 32.2. The number of aromatic amines is 1. The minimum atomic E-state index is -0.144. The van der Waals surface area contributed by atoms with E-state index >= 15 is 0 Å². The topological polar surface area (TPSA) is 78.1 Å². The molecule has 1 aliphatic rings. The molecule has 2 rings (SSSR count). The van der Waals surface area contributed by atoms with Crippen molar-refractivity contribution in [1.29, 1.82) is 0 Å². The third-order valence-electron chi connectivity index (χ3n) is 2.75. The molecular weight excluding hydrogens is 252 g/mol. The Balaban J connectivity index is 1.88. The van der Waals surface area contributed by atoms with E-state index in [1.807, 2.05) is 6.92 Å². The van der Waals surface area contributed by atoms with Gasteiger partial charge in [0.25, 0.3) is 0 Å². The number of aromatic nitrogens is 2. The van der Waals surface area contributed by atoms with E-state index in [0.29, 0.717) is 11.6 Å². The maximum atomic E-state index is 11.9. The van der Waals surface area contributed by atoms with Crippen LogP contribution in [-0.4, -0.2) is 44.9 Å². The first-order valence-electron chi connectivity index (χ1n) is 5.85. The summed E-state index contributed by atoms with van der Waals surface area (Å²) in [5.74, 6) is 1.70. The van der Waals surface area contributed by atoms with Crippen LogP contribution in [0.15, 0.2) is 12.4 Å². The largest absolute Gasteiger partial charge is 0.347 e. The second-order valence-electron chi connectivity index (χ2n) is 4.07. The highest BCUT2D eigenvalue weighted by Crippen LogP contribution is 2.15. The van der Waals surface area contributed by atoms with Crippen LogP contribution in [0, 0.1) is 0 Å². The molecule has 0 aromatic carbocycles. The summed E-state index contributed by atoms with van der Waals surface area (Å²) in [7, 11) is 0. The zero-order chi connectivity index (χ0) is 13.0. The minimum Gasteiger partial charge on any atom is -0.347 e. The molecule has 0 spiro atoms. The molecule has 2 heterocycles. The molecule has 7 heteroatoms. The lowest BCUT2D eigenvalue weighted by atomic mass is 10.2. The van der Waals surface area contributed by atoms with Crippen LogP contribution in [0.5, 0.6) is 0 Å². The van der Waals surface area contributed by atoms with Crippen LogP contribution in [0.2, 0.25) is 0 Å². The molecule has 1 aromatic rings. The fourth-order valence-electron chi connectivity index (χ4n) is 1.79. The van der Waals surface area contributed by atoms with Gasteiger partial charge in [0.05, 0.1) is 17.7 Å². The monoisotopic (exact) mass is 268 g/mol. The summed E-state index contributed by atoms with van der Waals surface area (Å²) in [5.41, 5.74) is 0. The molecule has 0 radical (unpaired) electrons. The van der Waals surface area contributed by atoms with Crippen molar-refractivity contribution in [2.24, 2.45) is 0 Å². The Hall–Kier alpha value is -1.50. The number of thioether (sulfide) groups is 1. The molecule has 0 aliphatic carbocycles. The number of carbonyl (C=O) groups excluding carboxylic acids is 2. The molecule has 1 fully saturated rings. The Morgan fingerprint density at radius 1 is 1.72 bits per heavy atom. The number of nitrogens with zero attached hydrogens (tertiary/aromatic N) is 2. The van der Waals surface area contributed by atoms with E-state index in [2.05, 4.69) is 15.3 Å². The molecule has 98 valence electrons. The predicted molar refractivity (Wildman–Crippen MR) is 68.8 cm³/mol. The van der Waals surface area contributed by atoms with Crippen LogP contribution in [0.3, 0.4) is 0 Å². The predicted octanol–water partition coefficient (Wildman–Crippen LogP) is 0.510. The van der Waals surface area contributed by atoms with Crippen molar-refractivity contribution in [1.82, 2.24) is 20.2 Å². The standard InChI is InChI=1S/C11H16N4O2S/c1-2-8(11-12-3-4-13-11)14-9(16)5-15-7-18-6-10(15)17/h3-4,8H,2,5-7H2,1H3,(H,12,13)(H,14,16). The molecular formula is C11H16N4O2S. The maximum Gasteiger partial charge on any atom is 0.240 e. The maximum absolute atomic E-state index is 11.9. The van der Waals surface area contributed by atoms with Crippen molar-refractivity contribution in [3.05, 3.63) is 18.2 Å². The molecule has 1 atom stereocenters. The third-order valence-corrected chi connectivity index (χ3v) is 3.70. The van der Waals surface area contributed by atoms with Crippen molar-refractivity contribution in [3.8, 4) is 0 Å². The first-order chi connectivity index (χ1) is 8.70. The fourth-order valence-corrected chi connectivity index (χ4v) is 2.69. The van der Waals surface area contributed by atoms with Crippen molar-refractivity contribution in [2.45, 2.75) is 19.4 Å². The lowest BCUT2D eigenvalue weighted by Crippen LogP contribution is -2.39. The van der Waals surface area contributed by atoms with Gasteiger partial charge >= 0.3 is 0 Å². The Morgan fingerprint density at radius 3 is 3.11 bits per heavy atom. The second-order valence-corrected chi connectivity index (χ2v) is 5.03. The van der Waals surface area contributed by atoms with Crippen LogP contribution < -0.4 is 5.32 Å². The van der Waals surface area contributed by atoms with Gasteiger partial charge in [0.15, 0.2) is 0 Å². The smallest absolute Gasteiger partial charge is 0.240 e. The number of carbonyl (C=O) groups is 2. The van der Waals surface area contributed by atoms with Gasteiger partial charge in [0.1, 0.15) is 12.4 Å². The Morgan fingerprint density at radius 2 is 2.56 bits per heavy atom. The first kappa shape index (κ1) is 12.9. The lowest BCUT2D eigenvalue weighted by molar-refractivity contribution is -0.132. The summed E-state index contributed by atoms with van der Waals surface area (Å²) in [6.07, 6.45) is 4.14. The number of amides is 2. The molecule has 6 nitrogen and oxygen atoms in total. The Labute approximate surface area is 110 Å². The van der Waals surface area contributed by atoms with Crippen LogP contribution in [-0.2, 0) is 9.59 Å². The summed E-state index contributed by atoms with van der Waals surface area (Å²) in [5, 5.41) is 2.88. The number of hydrogen-bond acceptors (Lipinski definition) is 4. The Bertz CT molecular complexity index is 421. The van der Waals surface area contributed by atoms with E-state index in [4.69, 9.17) is 0 Å². The average Bonchev–Trinajstić information content (AvgIpc) is 2.99. The molecule has 1 saturated heterocycles. The normalized spacial score (nSPS) is 16.9. The number of imidazole rings is 1. The van der Waals surface area contributed by atoms with Gasteiger partial charge < -0.3 is 15.2 Å². The molecule has 0 bridgehead atoms. The number of rotatable bonds is 5. The molecule has 2 N–H and O–H groups in total. The van der Waals surface area contributed by atoms with Crippen molar-refractivity contribution in [3.63, 3.8) is 0 Å². The summed E-state index contributed by atoms with van der Waals surface area (Å²) in [4.78, 5) is 31.9. The van der Waals surface area contributed by atoms with E-state index in [1.54, 1.807) is 17.3 Å². The summed E-state index contributed by atoms with van der Waals surface area (Å²) in [6, 6.07) is -0.127. The van der Waals surface area contributed by atoms with E-state index in [-0.39, 0.29) is 24.4 Å². The van der Waals surface area contributed by atoms with E-state index < -0.39 is 0 Å². The van der Waals surface area contributed by atoms with Gasteiger partial charge in [0.2, 0.25) is 11.8 Å². The number of H-pyrrole nitrogens is 1. The van der Waals surface area contributed by atoms with Gasteiger partial charge in [-0.25, -0.2) is 4.98 Å². The van der Waals surface area contributed by atoms with E-state index in [0.717, 1.165) is 12.2 Å². The van der Waals surface area contributed by atoms with E-state index in [9.17, 15) is 9.59 Å². The zero-order valence-corrected chi connectivity index (χ0v) is 11.0. The second kappa shape index (κ2) is 5.90. The van der Waals surface area contributed by atoms with Crippen LogP contribution >= 0.6 is 11.8 Å². The van der Waals surface area contributed by atoms with Crippen molar-refractivity contribution in [2.75, 3.05) is 18.2 Å².